The Hall–Kier alpha value is -0.780. The number of fused-ring (bicyclic) bond motifs is 1. The second kappa shape index (κ2) is 5.69. The highest BCUT2D eigenvalue weighted by molar-refractivity contribution is 7.84. The van der Waals surface area contributed by atoms with Crippen molar-refractivity contribution in [2.45, 2.75) is 25.1 Å². The zero-order valence-electron chi connectivity index (χ0n) is 10.7. The molecular weight excluding hydrogens is 305 g/mol. The lowest BCUT2D eigenvalue weighted by Gasteiger charge is -2.10. The van der Waals surface area contributed by atoms with Crippen LogP contribution in [0.3, 0.4) is 0 Å². The van der Waals surface area contributed by atoms with Crippen LogP contribution in [0, 0.1) is 0 Å². The minimum absolute atomic E-state index is 0.111. The Morgan fingerprint density at radius 2 is 2.05 bits per heavy atom. The van der Waals surface area contributed by atoms with Gasteiger partial charge < -0.3 is 10.3 Å². The first-order valence-corrected chi connectivity index (χ1v) is 8.21. The molecule has 2 aromatic rings. The Morgan fingerprint density at radius 3 is 2.68 bits per heavy atom. The first-order valence-electron chi connectivity index (χ1n) is 5.83. The molecule has 19 heavy (non-hydrogen) atoms. The predicted octanol–water partition coefficient (Wildman–Crippen LogP) is 3.08. The zero-order valence-corrected chi connectivity index (χ0v) is 13.0. The van der Waals surface area contributed by atoms with Crippen molar-refractivity contribution in [3.63, 3.8) is 0 Å². The first kappa shape index (κ1) is 14.6. The Morgan fingerprint density at radius 1 is 1.42 bits per heavy atom. The molecule has 1 aromatic carbocycles. The molecule has 7 heteroatoms. The second-order valence-electron chi connectivity index (χ2n) is 4.47. The monoisotopic (exact) mass is 319 g/mol. The topological polar surface area (TPSA) is 60.9 Å². The van der Waals surface area contributed by atoms with Crippen molar-refractivity contribution in [2.75, 3.05) is 12.0 Å². The highest BCUT2D eigenvalue weighted by atomic mass is 35.5. The van der Waals surface area contributed by atoms with E-state index in [-0.39, 0.29) is 5.25 Å². The minimum atomic E-state index is -0.842. The van der Waals surface area contributed by atoms with E-state index in [1.807, 2.05) is 11.5 Å². The summed E-state index contributed by atoms with van der Waals surface area (Å²) in [7, 11) is -0.842. The second-order valence-corrected chi connectivity index (χ2v) is 7.09. The summed E-state index contributed by atoms with van der Waals surface area (Å²) in [4.78, 5) is 4.26. The number of imidazole rings is 1. The molecule has 0 aliphatic rings. The molecule has 0 fully saturated rings. The van der Waals surface area contributed by atoms with E-state index in [1.165, 1.54) is 0 Å². The quantitative estimate of drug-likeness (QED) is 0.942. The van der Waals surface area contributed by atoms with Gasteiger partial charge >= 0.3 is 0 Å². The average Bonchev–Trinajstić information content (AvgIpc) is 2.62. The van der Waals surface area contributed by atoms with Gasteiger partial charge in [0.15, 0.2) is 0 Å². The molecule has 2 unspecified atom stereocenters. The van der Waals surface area contributed by atoms with Crippen molar-refractivity contribution in [1.29, 1.82) is 0 Å². The molecule has 0 bridgehead atoms. The third kappa shape index (κ3) is 3.04. The maximum Gasteiger partial charge on any atom is 0.201 e. The Bertz CT molecular complexity index is 641. The van der Waals surface area contributed by atoms with Gasteiger partial charge in [-0.2, -0.15) is 0 Å². The molecule has 2 atom stereocenters. The molecule has 0 aliphatic heterocycles. The summed E-state index contributed by atoms with van der Waals surface area (Å²) in [6, 6.07) is 3.46. The van der Waals surface area contributed by atoms with Crippen molar-refractivity contribution in [3.8, 4) is 0 Å². The molecule has 4 nitrogen and oxygen atoms in total. The number of benzene rings is 1. The normalized spacial score (nSPS) is 14.7. The van der Waals surface area contributed by atoms with Crippen LogP contribution < -0.4 is 5.73 Å². The molecule has 0 amide bonds. The van der Waals surface area contributed by atoms with Gasteiger partial charge in [0.25, 0.3) is 0 Å². The number of nitrogens with two attached hydrogens (primary N) is 1. The summed E-state index contributed by atoms with van der Waals surface area (Å²) in [6.45, 7) is 2.61. The SMILES string of the molecule is CC(CCn1c(N)nc2cc(Cl)c(Cl)cc21)S(C)=O. The van der Waals surface area contributed by atoms with Gasteiger partial charge in [-0.1, -0.05) is 30.1 Å². The number of halogens is 2. The molecule has 0 saturated carbocycles. The van der Waals surface area contributed by atoms with E-state index in [4.69, 9.17) is 28.9 Å². The number of aryl methyl sites for hydroxylation is 1. The molecule has 0 spiro atoms. The van der Waals surface area contributed by atoms with Gasteiger partial charge in [-0.3, -0.25) is 4.21 Å². The maximum absolute atomic E-state index is 11.4. The number of nitrogens with zero attached hydrogens (tertiary/aromatic N) is 2. The Kier molecular flexibility index (Phi) is 4.38. The molecule has 2 rings (SSSR count). The number of nitrogen functional groups attached to an aromatic ring is 1. The van der Waals surface area contributed by atoms with E-state index in [2.05, 4.69) is 4.98 Å². The fraction of sp³-hybridized carbons (Fsp3) is 0.417. The average molecular weight is 320 g/mol. The van der Waals surface area contributed by atoms with E-state index < -0.39 is 10.8 Å². The lowest BCUT2D eigenvalue weighted by Crippen LogP contribution is -2.13. The molecule has 1 aromatic heterocycles. The van der Waals surface area contributed by atoms with Crippen LogP contribution in [0.5, 0.6) is 0 Å². The van der Waals surface area contributed by atoms with Gasteiger partial charge in [0.1, 0.15) is 0 Å². The van der Waals surface area contributed by atoms with E-state index in [0.29, 0.717) is 22.5 Å². The van der Waals surface area contributed by atoms with Gasteiger partial charge in [-0.15, -0.1) is 0 Å². The molecule has 0 aliphatic carbocycles. The zero-order chi connectivity index (χ0) is 14.2. The van der Waals surface area contributed by atoms with Gasteiger partial charge in [0, 0.05) is 28.9 Å². The third-order valence-electron chi connectivity index (χ3n) is 3.15. The van der Waals surface area contributed by atoms with Gasteiger partial charge in [0.2, 0.25) is 5.95 Å². The van der Waals surface area contributed by atoms with Crippen LogP contribution in [0.1, 0.15) is 13.3 Å². The fourth-order valence-corrected chi connectivity index (χ4v) is 2.60. The highest BCUT2D eigenvalue weighted by Gasteiger charge is 2.13. The summed E-state index contributed by atoms with van der Waals surface area (Å²) in [5.74, 6) is 0.419. The summed E-state index contributed by atoms with van der Waals surface area (Å²) < 4.78 is 13.2. The highest BCUT2D eigenvalue weighted by Crippen LogP contribution is 2.29. The molecule has 0 radical (unpaired) electrons. The van der Waals surface area contributed by atoms with E-state index in [9.17, 15) is 4.21 Å². The van der Waals surface area contributed by atoms with Crippen molar-refractivity contribution in [3.05, 3.63) is 22.2 Å². The van der Waals surface area contributed by atoms with Crippen LogP contribution in [0.25, 0.3) is 11.0 Å². The number of aromatic nitrogens is 2. The van der Waals surface area contributed by atoms with Crippen molar-refractivity contribution >= 4 is 51.0 Å². The van der Waals surface area contributed by atoms with Gasteiger partial charge in [0.05, 0.1) is 21.1 Å². The third-order valence-corrected chi connectivity index (χ3v) is 5.24. The molecule has 2 N–H and O–H groups in total. The maximum atomic E-state index is 11.4. The van der Waals surface area contributed by atoms with Crippen molar-refractivity contribution < 1.29 is 4.21 Å². The summed E-state index contributed by atoms with van der Waals surface area (Å²) >= 11 is 12.0. The molecule has 104 valence electrons. The number of anilines is 1. The first-order chi connectivity index (χ1) is 8.90. The summed E-state index contributed by atoms with van der Waals surface area (Å²) in [6.07, 6.45) is 2.47. The van der Waals surface area contributed by atoms with Crippen LogP contribution in [-0.4, -0.2) is 25.3 Å². The lowest BCUT2D eigenvalue weighted by atomic mass is 10.3. The van der Waals surface area contributed by atoms with Crippen LogP contribution in [0.2, 0.25) is 10.0 Å². The smallest absolute Gasteiger partial charge is 0.201 e. The molecular formula is C12H15Cl2N3OS. The van der Waals surface area contributed by atoms with E-state index in [1.54, 1.807) is 18.4 Å². The standard InChI is InChI=1S/C12H15Cl2N3OS/c1-7(19(2)18)3-4-17-11-6-9(14)8(13)5-10(11)16-12(17)15/h5-7H,3-4H2,1-2H3,(H2,15,16). The Balaban J connectivity index is 2.35. The lowest BCUT2D eigenvalue weighted by molar-refractivity contribution is 0.633. The van der Waals surface area contributed by atoms with E-state index in [0.717, 1.165) is 17.5 Å². The summed E-state index contributed by atoms with van der Waals surface area (Å²) in [5, 5.41) is 1.05. The van der Waals surface area contributed by atoms with Crippen LogP contribution in [0.4, 0.5) is 5.95 Å². The molecule has 0 saturated heterocycles. The Labute approximate surface area is 124 Å². The fourth-order valence-electron chi connectivity index (χ4n) is 1.85. The molecule has 1 heterocycles. The van der Waals surface area contributed by atoms with Crippen molar-refractivity contribution in [2.24, 2.45) is 0 Å². The van der Waals surface area contributed by atoms with Crippen LogP contribution >= 0.6 is 23.2 Å². The van der Waals surface area contributed by atoms with Gasteiger partial charge in [-0.25, -0.2) is 4.98 Å². The summed E-state index contributed by atoms with van der Waals surface area (Å²) in [5.41, 5.74) is 7.47. The largest absolute Gasteiger partial charge is 0.369 e. The van der Waals surface area contributed by atoms with Crippen LogP contribution in [0.15, 0.2) is 12.1 Å². The number of hydrogen-bond donors (Lipinski definition) is 1. The van der Waals surface area contributed by atoms with Gasteiger partial charge in [-0.05, 0) is 18.6 Å². The number of rotatable bonds is 4. The number of hydrogen-bond acceptors (Lipinski definition) is 3. The van der Waals surface area contributed by atoms with E-state index >= 15 is 0 Å². The minimum Gasteiger partial charge on any atom is -0.369 e. The van der Waals surface area contributed by atoms with Crippen LogP contribution in [-0.2, 0) is 17.3 Å². The van der Waals surface area contributed by atoms with Crippen molar-refractivity contribution in [1.82, 2.24) is 9.55 Å². The predicted molar refractivity (Wildman–Crippen MR) is 82.3 cm³/mol.